The van der Waals surface area contributed by atoms with Crippen LogP contribution in [0.15, 0.2) is 36.8 Å². The molecule has 34 heavy (non-hydrogen) atoms. The summed E-state index contributed by atoms with van der Waals surface area (Å²) in [5, 5.41) is 8.46. The van der Waals surface area contributed by atoms with Crippen LogP contribution in [-0.4, -0.2) is 49.2 Å². The van der Waals surface area contributed by atoms with E-state index in [1.807, 2.05) is 0 Å². The first-order valence-corrected chi connectivity index (χ1v) is 10.3. The van der Waals surface area contributed by atoms with Gasteiger partial charge in [0.2, 0.25) is 5.88 Å². The van der Waals surface area contributed by atoms with Gasteiger partial charge in [-0.2, -0.15) is 28.4 Å². The van der Waals surface area contributed by atoms with Gasteiger partial charge < -0.3 is 9.47 Å². The van der Waals surface area contributed by atoms with Gasteiger partial charge in [-0.05, 0) is 44.0 Å². The molecule has 9 nitrogen and oxygen atoms in total. The number of fused-ring (bicyclic) bond motifs is 1. The van der Waals surface area contributed by atoms with E-state index in [9.17, 15) is 18.0 Å². The second-order valence-electron chi connectivity index (χ2n) is 7.50. The summed E-state index contributed by atoms with van der Waals surface area (Å²) < 4.78 is 53.1. The summed E-state index contributed by atoms with van der Waals surface area (Å²) in [6.07, 6.45) is -0.230. The van der Waals surface area contributed by atoms with Crippen molar-refractivity contribution in [3.63, 3.8) is 0 Å². The summed E-state index contributed by atoms with van der Waals surface area (Å²) in [5.74, 6) is -0.246. The van der Waals surface area contributed by atoms with Crippen LogP contribution < -0.4 is 4.74 Å². The van der Waals surface area contributed by atoms with Gasteiger partial charge in [0.1, 0.15) is 11.0 Å². The normalized spacial score (nSPS) is 12.7. The second-order valence-corrected chi connectivity index (χ2v) is 7.50. The molecule has 0 spiro atoms. The number of halogens is 3. The summed E-state index contributed by atoms with van der Waals surface area (Å²) in [7, 11) is 1.41. The molecule has 4 rings (SSSR count). The predicted molar refractivity (Wildman–Crippen MR) is 115 cm³/mol. The van der Waals surface area contributed by atoms with Crippen LogP contribution in [0.5, 0.6) is 5.88 Å². The molecule has 3 aromatic heterocycles. The topological polar surface area (TPSA) is 97.0 Å². The van der Waals surface area contributed by atoms with E-state index in [0.717, 1.165) is 12.1 Å². The molecule has 0 N–H and O–H groups in total. The SMILES string of the molecule is CCOC(=O)c1cnn(-c2nc(OC)c3c(cnn3[C@@H](C)c3cc(C(F)(F)F)ccc3C)n2)c1. The summed E-state index contributed by atoms with van der Waals surface area (Å²) in [4.78, 5) is 20.7. The average molecular weight is 474 g/mol. The maximum Gasteiger partial charge on any atom is 0.416 e. The van der Waals surface area contributed by atoms with E-state index in [1.54, 1.807) is 20.8 Å². The van der Waals surface area contributed by atoms with Crippen molar-refractivity contribution in [3.05, 3.63) is 59.0 Å². The van der Waals surface area contributed by atoms with E-state index in [-0.39, 0.29) is 24.0 Å². The molecule has 0 aliphatic rings. The van der Waals surface area contributed by atoms with Gasteiger partial charge in [0.05, 0.1) is 43.3 Å². The first-order valence-electron chi connectivity index (χ1n) is 10.3. The smallest absolute Gasteiger partial charge is 0.416 e. The Morgan fingerprint density at radius 2 is 1.94 bits per heavy atom. The highest BCUT2D eigenvalue weighted by Crippen LogP contribution is 2.34. The van der Waals surface area contributed by atoms with Crippen LogP contribution in [-0.2, 0) is 10.9 Å². The summed E-state index contributed by atoms with van der Waals surface area (Å²) in [6, 6.07) is 3.04. The van der Waals surface area contributed by atoms with Crippen molar-refractivity contribution < 1.29 is 27.4 Å². The third-order valence-electron chi connectivity index (χ3n) is 5.32. The molecule has 0 aliphatic heterocycles. The Labute approximate surface area is 192 Å². The zero-order valence-electron chi connectivity index (χ0n) is 18.8. The Morgan fingerprint density at radius 3 is 2.62 bits per heavy atom. The maximum absolute atomic E-state index is 13.3. The number of methoxy groups -OCH3 is 1. The van der Waals surface area contributed by atoms with Crippen LogP contribution in [0.3, 0.4) is 0 Å². The molecule has 1 atom stereocenters. The minimum absolute atomic E-state index is 0.127. The van der Waals surface area contributed by atoms with E-state index in [4.69, 9.17) is 9.47 Å². The van der Waals surface area contributed by atoms with Crippen LogP contribution >= 0.6 is 0 Å². The number of aromatic nitrogens is 6. The van der Waals surface area contributed by atoms with Crippen LogP contribution in [0.2, 0.25) is 0 Å². The second kappa shape index (κ2) is 8.76. The molecule has 0 saturated carbocycles. The molecule has 0 amide bonds. The molecule has 178 valence electrons. The molecule has 0 radical (unpaired) electrons. The number of benzene rings is 1. The Balaban J connectivity index is 1.77. The zero-order chi connectivity index (χ0) is 24.6. The molecular weight excluding hydrogens is 453 g/mol. The van der Waals surface area contributed by atoms with Gasteiger partial charge in [0.15, 0.2) is 0 Å². The maximum atomic E-state index is 13.3. The van der Waals surface area contributed by atoms with Gasteiger partial charge in [0, 0.05) is 6.20 Å². The number of rotatable bonds is 6. The van der Waals surface area contributed by atoms with E-state index >= 15 is 0 Å². The number of hydrogen-bond donors (Lipinski definition) is 0. The van der Waals surface area contributed by atoms with Crippen molar-refractivity contribution in [2.45, 2.75) is 33.0 Å². The molecular formula is C22H21F3N6O3. The van der Waals surface area contributed by atoms with E-state index < -0.39 is 23.8 Å². The number of alkyl halides is 3. The Bertz CT molecular complexity index is 1360. The quantitative estimate of drug-likeness (QED) is 0.388. The van der Waals surface area contributed by atoms with Gasteiger partial charge in [-0.3, -0.25) is 4.68 Å². The molecule has 0 bridgehead atoms. The van der Waals surface area contributed by atoms with Crippen LogP contribution in [0, 0.1) is 6.92 Å². The third kappa shape index (κ3) is 4.18. The Hall–Kier alpha value is -3.96. The highest BCUT2D eigenvalue weighted by Gasteiger charge is 2.32. The number of hydrogen-bond acceptors (Lipinski definition) is 7. The van der Waals surface area contributed by atoms with Gasteiger partial charge >= 0.3 is 12.1 Å². The number of esters is 1. The number of ether oxygens (including phenoxy) is 2. The lowest BCUT2D eigenvalue weighted by Crippen LogP contribution is -2.13. The minimum atomic E-state index is -4.46. The van der Waals surface area contributed by atoms with Crippen molar-refractivity contribution in [2.24, 2.45) is 0 Å². The lowest BCUT2D eigenvalue weighted by atomic mass is 9.99. The Morgan fingerprint density at radius 1 is 1.18 bits per heavy atom. The summed E-state index contributed by atoms with van der Waals surface area (Å²) in [6.45, 7) is 5.40. The van der Waals surface area contributed by atoms with Gasteiger partial charge in [-0.25, -0.2) is 14.5 Å². The third-order valence-corrected chi connectivity index (χ3v) is 5.32. The average Bonchev–Trinajstić information content (AvgIpc) is 3.45. The van der Waals surface area contributed by atoms with Crippen LogP contribution in [0.4, 0.5) is 13.2 Å². The van der Waals surface area contributed by atoms with Gasteiger partial charge in [0.25, 0.3) is 5.95 Å². The standard InChI is InChI=1S/C22H21F3N6O3/c1-5-34-20(32)14-9-26-30(11-14)21-28-17-10-27-31(18(17)19(29-21)33-4)13(3)16-8-15(22(23,24)25)7-6-12(16)2/h6-11,13H,5H2,1-4H3/t13-/m0/s1. The molecule has 0 fully saturated rings. The highest BCUT2D eigenvalue weighted by atomic mass is 19.4. The fourth-order valence-electron chi connectivity index (χ4n) is 3.61. The van der Waals surface area contributed by atoms with E-state index in [0.29, 0.717) is 22.2 Å². The number of aryl methyl sites for hydroxylation is 1. The molecule has 0 saturated heterocycles. The molecule has 0 unspecified atom stereocenters. The van der Waals surface area contributed by atoms with Crippen molar-refractivity contribution in [1.82, 2.24) is 29.5 Å². The monoisotopic (exact) mass is 474 g/mol. The molecule has 0 aliphatic carbocycles. The molecule has 1 aromatic carbocycles. The molecule has 3 heterocycles. The van der Waals surface area contributed by atoms with Crippen LogP contribution in [0.1, 0.15) is 46.9 Å². The first kappa shape index (κ1) is 23.2. The van der Waals surface area contributed by atoms with Crippen molar-refractivity contribution in [3.8, 4) is 11.8 Å². The number of nitrogens with zero attached hydrogens (tertiary/aromatic N) is 6. The van der Waals surface area contributed by atoms with Crippen molar-refractivity contribution >= 4 is 17.0 Å². The highest BCUT2D eigenvalue weighted by molar-refractivity contribution is 5.88. The first-order chi connectivity index (χ1) is 16.1. The molecule has 4 aromatic rings. The van der Waals surface area contributed by atoms with Crippen molar-refractivity contribution in [2.75, 3.05) is 13.7 Å². The minimum Gasteiger partial charge on any atom is -0.479 e. The number of carbonyl (C=O) groups is 1. The van der Waals surface area contributed by atoms with E-state index in [2.05, 4.69) is 20.2 Å². The lowest BCUT2D eigenvalue weighted by molar-refractivity contribution is -0.137. The van der Waals surface area contributed by atoms with Crippen LogP contribution in [0.25, 0.3) is 17.0 Å². The molecule has 12 heteroatoms. The largest absolute Gasteiger partial charge is 0.479 e. The fourth-order valence-corrected chi connectivity index (χ4v) is 3.61. The number of carbonyl (C=O) groups excluding carboxylic acids is 1. The predicted octanol–water partition coefficient (Wildman–Crippen LogP) is 4.13. The summed E-state index contributed by atoms with van der Waals surface area (Å²) >= 11 is 0. The Kier molecular flexibility index (Phi) is 5.98. The zero-order valence-corrected chi connectivity index (χ0v) is 18.8. The van der Waals surface area contributed by atoms with Gasteiger partial charge in [-0.15, -0.1) is 0 Å². The lowest BCUT2D eigenvalue weighted by Gasteiger charge is -2.19. The fraction of sp³-hybridized carbons (Fsp3) is 0.318. The summed E-state index contributed by atoms with van der Waals surface area (Å²) in [5.41, 5.74) is 1.44. The van der Waals surface area contributed by atoms with Gasteiger partial charge in [-0.1, -0.05) is 6.07 Å². The van der Waals surface area contributed by atoms with Crippen molar-refractivity contribution in [1.29, 1.82) is 0 Å². The van der Waals surface area contributed by atoms with E-state index in [1.165, 1.54) is 41.1 Å².